The summed E-state index contributed by atoms with van der Waals surface area (Å²) in [4.78, 5) is 0. The molecule has 0 fully saturated rings. The minimum atomic E-state index is 0.399. The number of ether oxygens (including phenoxy) is 1. The Balaban J connectivity index is 2.50. The van der Waals surface area contributed by atoms with Crippen molar-refractivity contribution in [3.05, 3.63) is 29.8 Å². The summed E-state index contributed by atoms with van der Waals surface area (Å²) in [5.41, 5.74) is 1.34. The van der Waals surface area contributed by atoms with Gasteiger partial charge in [0.25, 0.3) is 0 Å². The Kier molecular flexibility index (Phi) is 4.97. The first-order chi connectivity index (χ1) is 7.13. The van der Waals surface area contributed by atoms with Crippen LogP contribution < -0.4 is 4.74 Å². The van der Waals surface area contributed by atoms with E-state index in [4.69, 9.17) is 16.3 Å². The lowest BCUT2D eigenvalue weighted by Gasteiger charge is -2.11. The molecule has 0 amide bonds. The van der Waals surface area contributed by atoms with E-state index in [1.807, 2.05) is 12.1 Å². The molecular weight excluding hydrogens is 208 g/mol. The van der Waals surface area contributed by atoms with Gasteiger partial charge in [0.15, 0.2) is 0 Å². The Morgan fingerprint density at radius 1 is 1.13 bits per heavy atom. The van der Waals surface area contributed by atoms with Crippen molar-refractivity contribution < 1.29 is 4.74 Å². The van der Waals surface area contributed by atoms with E-state index in [0.717, 1.165) is 5.75 Å². The van der Waals surface area contributed by atoms with Gasteiger partial charge in [-0.15, -0.1) is 11.6 Å². The van der Waals surface area contributed by atoms with Crippen LogP contribution >= 0.6 is 11.6 Å². The van der Waals surface area contributed by atoms with Gasteiger partial charge in [0.2, 0.25) is 0 Å². The quantitative estimate of drug-likeness (QED) is 0.688. The zero-order valence-corrected chi connectivity index (χ0v) is 10.4. The fourth-order valence-electron chi connectivity index (χ4n) is 1.23. The van der Waals surface area contributed by atoms with Gasteiger partial charge in [0.1, 0.15) is 5.75 Å². The molecule has 0 aromatic heterocycles. The predicted octanol–water partition coefficient (Wildman–Crippen LogP) is 4.06. The Morgan fingerprint density at radius 3 is 2.20 bits per heavy atom. The van der Waals surface area contributed by atoms with Crippen LogP contribution in [0.4, 0.5) is 0 Å². The van der Waals surface area contributed by atoms with Crippen LogP contribution in [0.15, 0.2) is 24.3 Å². The Bertz CT molecular complexity index is 279. The molecule has 84 valence electrons. The molecule has 15 heavy (non-hydrogen) atoms. The van der Waals surface area contributed by atoms with E-state index >= 15 is 0 Å². The highest BCUT2D eigenvalue weighted by atomic mass is 35.5. The highest BCUT2D eigenvalue weighted by Gasteiger charge is 2.02. The topological polar surface area (TPSA) is 9.23 Å². The second kappa shape index (κ2) is 6.02. The number of hydrogen-bond donors (Lipinski definition) is 0. The molecule has 0 spiro atoms. The van der Waals surface area contributed by atoms with Crippen LogP contribution in [-0.2, 0) is 0 Å². The highest BCUT2D eigenvalue weighted by Crippen LogP contribution is 2.19. The van der Waals surface area contributed by atoms with E-state index in [0.29, 0.717) is 24.3 Å². The minimum absolute atomic E-state index is 0.399. The largest absolute Gasteiger partial charge is 0.493 e. The molecule has 1 aromatic carbocycles. The minimum Gasteiger partial charge on any atom is -0.493 e. The van der Waals surface area contributed by atoms with Crippen molar-refractivity contribution in [1.29, 1.82) is 0 Å². The smallest absolute Gasteiger partial charge is 0.119 e. The van der Waals surface area contributed by atoms with Gasteiger partial charge >= 0.3 is 0 Å². The summed E-state index contributed by atoms with van der Waals surface area (Å²) in [6.07, 6.45) is 0. The summed E-state index contributed by atoms with van der Waals surface area (Å²) in [6, 6.07) is 8.28. The molecule has 1 aromatic rings. The van der Waals surface area contributed by atoms with Gasteiger partial charge in [-0.25, -0.2) is 0 Å². The highest BCUT2D eigenvalue weighted by molar-refractivity contribution is 6.18. The van der Waals surface area contributed by atoms with E-state index < -0.39 is 0 Å². The first kappa shape index (κ1) is 12.4. The fourth-order valence-corrected chi connectivity index (χ4v) is 1.32. The zero-order valence-electron chi connectivity index (χ0n) is 9.66. The van der Waals surface area contributed by atoms with Crippen LogP contribution in [0.1, 0.15) is 32.3 Å². The molecule has 0 radical (unpaired) electrons. The number of benzene rings is 1. The normalized spacial score (nSPS) is 12.9. The fraction of sp³-hybridized carbons (Fsp3) is 0.538. The van der Waals surface area contributed by atoms with E-state index in [2.05, 4.69) is 32.9 Å². The molecule has 0 aliphatic carbocycles. The van der Waals surface area contributed by atoms with Crippen LogP contribution in [0.5, 0.6) is 5.75 Å². The van der Waals surface area contributed by atoms with Gasteiger partial charge in [-0.1, -0.05) is 32.9 Å². The Morgan fingerprint density at radius 2 is 1.73 bits per heavy atom. The summed E-state index contributed by atoms with van der Waals surface area (Å²) in [5.74, 6) is 2.54. The van der Waals surface area contributed by atoms with Gasteiger partial charge in [0.05, 0.1) is 6.61 Å². The molecule has 1 rings (SSSR count). The molecule has 0 bridgehead atoms. The van der Waals surface area contributed by atoms with Crippen molar-refractivity contribution in [3.8, 4) is 5.75 Å². The lowest BCUT2D eigenvalue weighted by Crippen LogP contribution is -2.09. The average molecular weight is 227 g/mol. The predicted molar refractivity (Wildman–Crippen MR) is 65.9 cm³/mol. The van der Waals surface area contributed by atoms with Crippen LogP contribution in [0.25, 0.3) is 0 Å². The molecule has 2 heteroatoms. The summed E-state index contributed by atoms with van der Waals surface area (Å²) in [6.45, 7) is 7.14. The van der Waals surface area contributed by atoms with Gasteiger partial charge in [-0.3, -0.25) is 0 Å². The first-order valence-corrected chi connectivity index (χ1v) is 5.95. The van der Waals surface area contributed by atoms with Crippen LogP contribution in [0.3, 0.4) is 0 Å². The van der Waals surface area contributed by atoms with Crippen molar-refractivity contribution in [2.45, 2.75) is 26.7 Å². The van der Waals surface area contributed by atoms with Crippen LogP contribution in [0.2, 0.25) is 0 Å². The van der Waals surface area contributed by atoms with Gasteiger partial charge in [-0.2, -0.15) is 0 Å². The molecule has 0 aliphatic heterocycles. The van der Waals surface area contributed by atoms with E-state index in [1.165, 1.54) is 5.56 Å². The molecule has 1 unspecified atom stereocenters. The third-order valence-electron chi connectivity index (χ3n) is 2.34. The monoisotopic (exact) mass is 226 g/mol. The summed E-state index contributed by atoms with van der Waals surface area (Å²) >= 11 is 5.71. The van der Waals surface area contributed by atoms with Gasteiger partial charge in [-0.05, 0) is 23.6 Å². The molecule has 0 saturated heterocycles. The summed E-state index contributed by atoms with van der Waals surface area (Å²) in [5, 5.41) is 0. The zero-order chi connectivity index (χ0) is 11.3. The molecule has 1 nitrogen and oxygen atoms in total. The van der Waals surface area contributed by atoms with Crippen molar-refractivity contribution in [3.63, 3.8) is 0 Å². The summed E-state index contributed by atoms with van der Waals surface area (Å²) < 4.78 is 5.61. The number of rotatable bonds is 5. The number of hydrogen-bond acceptors (Lipinski definition) is 1. The molecule has 0 heterocycles. The maximum Gasteiger partial charge on any atom is 0.119 e. The van der Waals surface area contributed by atoms with E-state index in [-0.39, 0.29) is 0 Å². The Hall–Kier alpha value is -0.690. The summed E-state index contributed by atoms with van der Waals surface area (Å²) in [7, 11) is 0. The third kappa shape index (κ3) is 4.13. The standard InChI is InChI=1S/C13H19ClO/c1-10(2)12-4-6-13(7-5-12)15-9-11(3)8-14/h4-7,10-11H,8-9H2,1-3H3. The maximum absolute atomic E-state index is 5.71. The van der Waals surface area contributed by atoms with Crippen molar-refractivity contribution in [2.75, 3.05) is 12.5 Å². The maximum atomic E-state index is 5.71. The van der Waals surface area contributed by atoms with Gasteiger partial charge in [0, 0.05) is 11.8 Å². The van der Waals surface area contributed by atoms with E-state index in [9.17, 15) is 0 Å². The lowest BCUT2D eigenvalue weighted by molar-refractivity contribution is 0.272. The molecule has 0 N–H and O–H groups in total. The number of halogens is 1. The van der Waals surface area contributed by atoms with Crippen molar-refractivity contribution in [1.82, 2.24) is 0 Å². The van der Waals surface area contributed by atoms with Crippen LogP contribution in [0, 0.1) is 5.92 Å². The SMILES string of the molecule is CC(CCl)COc1ccc(C(C)C)cc1. The second-order valence-electron chi connectivity index (χ2n) is 4.29. The van der Waals surface area contributed by atoms with Crippen molar-refractivity contribution in [2.24, 2.45) is 5.92 Å². The Labute approximate surface area is 97.4 Å². The molecule has 0 saturated carbocycles. The third-order valence-corrected chi connectivity index (χ3v) is 2.87. The molecule has 0 aliphatic rings. The second-order valence-corrected chi connectivity index (χ2v) is 4.60. The van der Waals surface area contributed by atoms with Gasteiger partial charge < -0.3 is 4.74 Å². The first-order valence-electron chi connectivity index (χ1n) is 5.42. The average Bonchev–Trinajstić information content (AvgIpc) is 2.26. The van der Waals surface area contributed by atoms with Crippen LogP contribution in [-0.4, -0.2) is 12.5 Å². The molecule has 1 atom stereocenters. The lowest BCUT2D eigenvalue weighted by atomic mass is 10.0. The van der Waals surface area contributed by atoms with E-state index in [1.54, 1.807) is 0 Å². The van der Waals surface area contributed by atoms with Crippen molar-refractivity contribution >= 4 is 11.6 Å². The number of alkyl halides is 1. The molecular formula is C13H19ClO.